The molecule has 8 nitrogen and oxygen atoms in total. The summed E-state index contributed by atoms with van der Waals surface area (Å²) in [6.45, 7) is -0.237. The summed E-state index contributed by atoms with van der Waals surface area (Å²) in [5, 5.41) is 6.31. The lowest BCUT2D eigenvalue weighted by atomic mass is 9.68. The third-order valence-corrected chi connectivity index (χ3v) is 13.9. The fourth-order valence-corrected chi connectivity index (χ4v) is 12.0. The summed E-state index contributed by atoms with van der Waals surface area (Å²) in [6.07, 6.45) is 0.754. The number of nitrogens with zero attached hydrogens (tertiary/aromatic N) is 1. The minimum atomic E-state index is -0.445. The van der Waals surface area contributed by atoms with E-state index >= 15 is 0 Å². The van der Waals surface area contributed by atoms with Crippen LogP contribution < -0.4 is 19.8 Å². The summed E-state index contributed by atoms with van der Waals surface area (Å²) in [7, 11) is 0. The van der Waals surface area contributed by atoms with E-state index in [1.165, 1.54) is 4.90 Å². The van der Waals surface area contributed by atoms with Crippen molar-refractivity contribution in [2.75, 3.05) is 16.8 Å². The number of amides is 3. The number of hydrogen-bond acceptors (Lipinski definition) is 7. The molecule has 2 N–H and O–H groups in total. The van der Waals surface area contributed by atoms with Crippen LogP contribution in [0.4, 0.5) is 11.4 Å². The van der Waals surface area contributed by atoms with Crippen molar-refractivity contribution in [1.82, 2.24) is 4.98 Å². The first kappa shape index (κ1) is 31.1. The molecule has 3 heterocycles. The van der Waals surface area contributed by atoms with Crippen LogP contribution in [0.3, 0.4) is 0 Å². The van der Waals surface area contributed by atoms with Crippen molar-refractivity contribution in [2.24, 2.45) is 29.6 Å². The van der Waals surface area contributed by atoms with Gasteiger partial charge in [0, 0.05) is 36.8 Å². The van der Waals surface area contributed by atoms with Crippen molar-refractivity contribution in [2.45, 2.75) is 22.6 Å². The molecule has 246 valence electrons. The highest BCUT2D eigenvalue weighted by atomic mass is 79.9. The van der Waals surface area contributed by atoms with Gasteiger partial charge in [0.2, 0.25) is 11.8 Å². The van der Waals surface area contributed by atoms with Crippen LogP contribution in [0.25, 0.3) is 10.8 Å². The number of rotatable bonds is 6. The van der Waals surface area contributed by atoms with Crippen LogP contribution in [0.1, 0.15) is 22.8 Å². The molecule has 4 aromatic carbocycles. The van der Waals surface area contributed by atoms with E-state index in [4.69, 9.17) is 16.3 Å². The zero-order chi connectivity index (χ0) is 33.6. The minimum absolute atomic E-state index is 0.00125. The average Bonchev–Trinajstić information content (AvgIpc) is 3.83. The van der Waals surface area contributed by atoms with Crippen molar-refractivity contribution < 1.29 is 19.1 Å². The van der Waals surface area contributed by atoms with Gasteiger partial charge < -0.3 is 15.0 Å². The molecule has 12 heteroatoms. The Morgan fingerprint density at radius 2 is 1.69 bits per heavy atom. The third-order valence-electron chi connectivity index (χ3n) is 10.5. The molecule has 0 spiro atoms. The highest BCUT2D eigenvalue weighted by Gasteiger charge is 2.69. The summed E-state index contributed by atoms with van der Waals surface area (Å²) in [4.78, 5) is 59.1. The first-order chi connectivity index (χ1) is 23.7. The SMILES string of the molecule is O=C(COc1ccc(Cl)cc1[C@@H]1c2sc(=O)[nH]c2S[C@@H]2[C@@H]3C[C@@H]([C@@H]4C(=O)N(c5ccc(Br)cc5)C(=O)[C@@H]34)[C@H]12)Nc1ccc2ccccc2c1. The van der Waals surface area contributed by atoms with Crippen LogP contribution in [-0.4, -0.2) is 34.6 Å². The Labute approximate surface area is 302 Å². The molecule has 49 heavy (non-hydrogen) atoms. The first-order valence-electron chi connectivity index (χ1n) is 16.0. The Morgan fingerprint density at radius 3 is 2.49 bits per heavy atom. The number of aromatic amines is 1. The quantitative estimate of drug-likeness (QED) is 0.171. The monoisotopic (exact) mass is 771 g/mol. The van der Waals surface area contributed by atoms with Crippen molar-refractivity contribution in [3.63, 3.8) is 0 Å². The summed E-state index contributed by atoms with van der Waals surface area (Å²) in [5.41, 5.74) is 2.01. The second kappa shape index (κ2) is 11.9. The molecule has 0 radical (unpaired) electrons. The molecule has 0 unspecified atom stereocenters. The molecular weight excluding hydrogens is 746 g/mol. The van der Waals surface area contributed by atoms with Gasteiger partial charge in [0.25, 0.3) is 5.91 Å². The van der Waals surface area contributed by atoms with E-state index in [1.807, 2.05) is 60.7 Å². The maximum atomic E-state index is 14.1. The lowest BCUT2D eigenvalue weighted by Crippen LogP contribution is -2.42. The van der Waals surface area contributed by atoms with Crippen LogP contribution in [-0.2, 0) is 14.4 Å². The molecule has 4 aliphatic rings. The number of halogens is 2. The van der Waals surface area contributed by atoms with Gasteiger partial charge in [-0.25, -0.2) is 0 Å². The van der Waals surface area contributed by atoms with Gasteiger partial charge in [-0.05, 0) is 89.5 Å². The zero-order valence-corrected chi connectivity index (χ0v) is 29.6. The van der Waals surface area contributed by atoms with E-state index in [9.17, 15) is 19.2 Å². The molecule has 1 aromatic heterocycles. The minimum Gasteiger partial charge on any atom is -0.483 e. The number of fused-ring (bicyclic) bond motifs is 10. The molecule has 7 atom stereocenters. The number of thiazole rings is 1. The largest absolute Gasteiger partial charge is 0.483 e. The van der Waals surface area contributed by atoms with Gasteiger partial charge in [-0.2, -0.15) is 0 Å². The van der Waals surface area contributed by atoms with E-state index < -0.39 is 11.8 Å². The maximum absolute atomic E-state index is 14.1. The number of nitrogens with one attached hydrogen (secondary N) is 2. The number of benzene rings is 4. The fourth-order valence-electron chi connectivity index (χ4n) is 8.71. The molecular formula is C37H27BrClN3O5S2. The summed E-state index contributed by atoms with van der Waals surface area (Å²) in [6, 6.07) is 26.3. The van der Waals surface area contributed by atoms with Crippen LogP contribution in [0.15, 0.2) is 99.2 Å². The number of carbonyl (C=O) groups is 3. The van der Waals surface area contributed by atoms with Gasteiger partial charge in [-0.3, -0.25) is 24.1 Å². The van der Waals surface area contributed by atoms with Crippen molar-refractivity contribution >= 4 is 90.5 Å². The Bertz CT molecular complexity index is 2260. The predicted molar refractivity (Wildman–Crippen MR) is 195 cm³/mol. The number of imide groups is 1. The van der Waals surface area contributed by atoms with Gasteiger partial charge >= 0.3 is 4.87 Å². The first-order valence-corrected chi connectivity index (χ1v) is 18.9. The van der Waals surface area contributed by atoms with Crippen LogP contribution >= 0.6 is 50.6 Å². The predicted octanol–water partition coefficient (Wildman–Crippen LogP) is 7.70. The number of thioether (sulfide) groups is 1. The van der Waals surface area contributed by atoms with Gasteiger partial charge in [-0.1, -0.05) is 69.2 Å². The number of carbonyl (C=O) groups excluding carboxylic acids is 3. The highest BCUT2D eigenvalue weighted by Crippen LogP contribution is 2.69. The molecule has 3 fully saturated rings. The third kappa shape index (κ3) is 5.08. The molecule has 9 rings (SSSR count). The molecule has 2 aliphatic heterocycles. The highest BCUT2D eigenvalue weighted by molar-refractivity contribution is 9.10. The van der Waals surface area contributed by atoms with E-state index in [1.54, 1.807) is 36.0 Å². The summed E-state index contributed by atoms with van der Waals surface area (Å²) >= 11 is 12.8. The maximum Gasteiger partial charge on any atom is 0.305 e. The van der Waals surface area contributed by atoms with Gasteiger partial charge in [0.15, 0.2) is 6.61 Å². The number of aromatic nitrogens is 1. The van der Waals surface area contributed by atoms with Gasteiger partial charge in [0.1, 0.15) is 5.75 Å². The number of hydrogen-bond donors (Lipinski definition) is 2. The zero-order valence-electron chi connectivity index (χ0n) is 25.6. The lowest BCUT2D eigenvalue weighted by molar-refractivity contribution is -0.123. The normalized spacial score (nSPS) is 26.5. The Balaban J connectivity index is 1.04. The number of anilines is 2. The Kier molecular flexibility index (Phi) is 7.53. The smallest absolute Gasteiger partial charge is 0.305 e. The second-order valence-electron chi connectivity index (χ2n) is 13.0. The molecule has 2 saturated carbocycles. The number of ether oxygens (including phenoxy) is 1. The molecule has 5 aromatic rings. The van der Waals surface area contributed by atoms with Crippen LogP contribution in [0.2, 0.25) is 5.02 Å². The lowest BCUT2D eigenvalue weighted by Gasteiger charge is -2.43. The molecule has 2 bridgehead atoms. The summed E-state index contributed by atoms with van der Waals surface area (Å²) < 4.78 is 7.10. The standard InChI is InChI=1S/C37H27BrClN3O5S2/c38-19-6-10-22(11-7-19)42-35(44)30-24-15-25(31(30)36(42)45)32-29(24)28(33-34(48-32)41-37(46)49-33)23-14-20(39)8-12-26(23)47-16-27(43)40-21-9-5-17-3-1-2-4-18(17)13-21/h1-14,24-25,28-32H,15-16H2,(H,40,43)(H,41,46)/t24-,25-,28+,29-,30+,31+,32-/m1/s1. The van der Waals surface area contributed by atoms with Crippen LogP contribution in [0.5, 0.6) is 5.75 Å². The van der Waals surface area contributed by atoms with E-state index in [0.29, 0.717) is 22.1 Å². The Hall–Kier alpha value is -3.90. The van der Waals surface area contributed by atoms with Gasteiger partial charge in [-0.15, -0.1) is 11.8 Å². The topological polar surface area (TPSA) is 109 Å². The Morgan fingerprint density at radius 1 is 0.939 bits per heavy atom. The van der Waals surface area contributed by atoms with Gasteiger partial charge in [0.05, 0.1) is 22.5 Å². The van der Waals surface area contributed by atoms with E-state index in [2.05, 4.69) is 26.2 Å². The molecule has 2 aliphatic carbocycles. The number of H-pyrrole nitrogens is 1. The molecule has 1 saturated heterocycles. The second-order valence-corrected chi connectivity index (χ2v) is 16.6. The van der Waals surface area contributed by atoms with Crippen LogP contribution in [0, 0.1) is 29.6 Å². The van der Waals surface area contributed by atoms with Crippen molar-refractivity contribution in [1.29, 1.82) is 0 Å². The van der Waals surface area contributed by atoms with Crippen molar-refractivity contribution in [3.8, 4) is 5.75 Å². The fraction of sp³-hybridized carbons (Fsp3) is 0.243. The summed E-state index contributed by atoms with van der Waals surface area (Å²) in [5.74, 6) is -1.46. The van der Waals surface area contributed by atoms with E-state index in [0.717, 1.165) is 48.5 Å². The molecule has 3 amide bonds. The van der Waals surface area contributed by atoms with Crippen molar-refractivity contribution in [3.05, 3.63) is 115 Å². The van der Waals surface area contributed by atoms with E-state index in [-0.39, 0.29) is 58.1 Å². The average molecular weight is 773 g/mol.